The van der Waals surface area contributed by atoms with Crippen LogP contribution in [0.3, 0.4) is 0 Å². The molecule has 0 amide bonds. The van der Waals surface area contributed by atoms with Gasteiger partial charge in [-0.2, -0.15) is 0 Å². The third-order valence-corrected chi connectivity index (χ3v) is 9.00. The van der Waals surface area contributed by atoms with E-state index in [0.717, 1.165) is 49.8 Å². The largest absolute Gasteiger partial charge is 0.455 e. The van der Waals surface area contributed by atoms with E-state index in [4.69, 9.17) is 19.4 Å². The van der Waals surface area contributed by atoms with Gasteiger partial charge in [0.15, 0.2) is 17.5 Å². The average molecular weight is 628 g/mol. The van der Waals surface area contributed by atoms with Crippen LogP contribution in [0.1, 0.15) is 0 Å². The van der Waals surface area contributed by atoms with Crippen LogP contribution in [0.5, 0.6) is 0 Å². The number of aromatic nitrogens is 3. The molecule has 0 fully saturated rings. The number of para-hydroxylation sites is 2. The predicted molar refractivity (Wildman–Crippen MR) is 200 cm³/mol. The van der Waals surface area contributed by atoms with Gasteiger partial charge in [0.2, 0.25) is 0 Å². The molecule has 0 bridgehead atoms. The fraction of sp³-hybridized carbons (Fsp3) is 0. The van der Waals surface area contributed by atoms with Crippen molar-refractivity contribution >= 4 is 21.9 Å². The van der Waals surface area contributed by atoms with Crippen LogP contribution in [0.2, 0.25) is 0 Å². The lowest BCUT2D eigenvalue weighted by atomic mass is 9.89. The van der Waals surface area contributed by atoms with Crippen molar-refractivity contribution in [3.63, 3.8) is 0 Å². The van der Waals surface area contributed by atoms with Gasteiger partial charge in [0, 0.05) is 21.9 Å². The standard InChI is InChI=1S/C45H29N3O/c1-3-14-30(15-4-1)34-18-7-9-20-36(34)37-21-10-8-19-35(37)31-26-28-33(29-27-31)44-46-43(32-16-5-2-6-17-32)47-45(48-44)40-24-13-23-39-38-22-11-12-25-41(38)49-42(39)40/h1-29H. The van der Waals surface area contributed by atoms with E-state index in [0.29, 0.717) is 17.5 Å². The molecule has 4 nitrogen and oxygen atoms in total. The maximum atomic E-state index is 6.38. The molecule has 9 aromatic rings. The van der Waals surface area contributed by atoms with E-state index >= 15 is 0 Å². The monoisotopic (exact) mass is 627 g/mol. The Kier molecular flexibility index (Phi) is 7.10. The summed E-state index contributed by atoms with van der Waals surface area (Å²) >= 11 is 0. The Labute approximate surface area is 284 Å². The first kappa shape index (κ1) is 28.6. The average Bonchev–Trinajstić information content (AvgIpc) is 3.58. The summed E-state index contributed by atoms with van der Waals surface area (Å²) in [7, 11) is 0. The lowest BCUT2D eigenvalue weighted by molar-refractivity contribution is 0.669. The summed E-state index contributed by atoms with van der Waals surface area (Å²) in [6.07, 6.45) is 0. The van der Waals surface area contributed by atoms with Crippen LogP contribution in [0.4, 0.5) is 0 Å². The fourth-order valence-corrected chi connectivity index (χ4v) is 6.62. The minimum Gasteiger partial charge on any atom is -0.455 e. The van der Waals surface area contributed by atoms with Crippen molar-refractivity contribution in [2.45, 2.75) is 0 Å². The minimum absolute atomic E-state index is 0.570. The summed E-state index contributed by atoms with van der Waals surface area (Å²) in [6, 6.07) is 60.6. The molecule has 7 aromatic carbocycles. The smallest absolute Gasteiger partial charge is 0.167 e. The Hall–Kier alpha value is -6.65. The predicted octanol–water partition coefficient (Wildman–Crippen LogP) is 11.8. The van der Waals surface area contributed by atoms with E-state index in [2.05, 4.69) is 115 Å². The molecule has 0 N–H and O–H groups in total. The highest BCUT2D eigenvalue weighted by molar-refractivity contribution is 6.09. The quantitative estimate of drug-likeness (QED) is 0.184. The molecule has 0 atom stereocenters. The van der Waals surface area contributed by atoms with Crippen molar-refractivity contribution in [2.24, 2.45) is 0 Å². The van der Waals surface area contributed by atoms with Gasteiger partial charge >= 0.3 is 0 Å². The molecule has 0 radical (unpaired) electrons. The zero-order valence-electron chi connectivity index (χ0n) is 26.5. The van der Waals surface area contributed by atoms with Crippen molar-refractivity contribution in [1.29, 1.82) is 0 Å². The molecule has 2 aromatic heterocycles. The van der Waals surface area contributed by atoms with Gasteiger partial charge in [-0.1, -0.05) is 164 Å². The summed E-state index contributed by atoms with van der Waals surface area (Å²) in [5, 5.41) is 2.10. The van der Waals surface area contributed by atoms with Gasteiger partial charge in [0.25, 0.3) is 0 Å². The van der Waals surface area contributed by atoms with Crippen LogP contribution >= 0.6 is 0 Å². The summed E-state index contributed by atoms with van der Waals surface area (Å²) in [5.41, 5.74) is 11.3. The van der Waals surface area contributed by atoms with Crippen LogP contribution in [-0.2, 0) is 0 Å². The number of rotatable bonds is 6. The summed E-state index contributed by atoms with van der Waals surface area (Å²) in [4.78, 5) is 15.0. The highest BCUT2D eigenvalue weighted by atomic mass is 16.3. The minimum atomic E-state index is 0.570. The van der Waals surface area contributed by atoms with Gasteiger partial charge in [0.1, 0.15) is 11.2 Å². The molecular formula is C45H29N3O. The molecule has 0 aliphatic heterocycles. The third kappa shape index (κ3) is 5.26. The van der Waals surface area contributed by atoms with Crippen molar-refractivity contribution in [2.75, 3.05) is 0 Å². The highest BCUT2D eigenvalue weighted by Crippen LogP contribution is 2.39. The van der Waals surface area contributed by atoms with E-state index in [1.165, 1.54) is 22.3 Å². The van der Waals surface area contributed by atoms with E-state index < -0.39 is 0 Å². The van der Waals surface area contributed by atoms with Crippen molar-refractivity contribution in [1.82, 2.24) is 15.0 Å². The van der Waals surface area contributed by atoms with Crippen LogP contribution < -0.4 is 0 Å². The summed E-state index contributed by atoms with van der Waals surface area (Å²) in [5.74, 6) is 1.78. The molecule has 0 saturated carbocycles. The molecule has 2 heterocycles. The van der Waals surface area contributed by atoms with Gasteiger partial charge in [-0.05, 0) is 45.5 Å². The zero-order chi connectivity index (χ0) is 32.6. The van der Waals surface area contributed by atoms with E-state index in [1.807, 2.05) is 60.7 Å². The molecule has 0 unspecified atom stereocenters. The number of benzene rings is 7. The van der Waals surface area contributed by atoms with Crippen molar-refractivity contribution in [3.05, 3.63) is 176 Å². The first-order valence-corrected chi connectivity index (χ1v) is 16.4. The number of hydrogen-bond donors (Lipinski definition) is 0. The molecule has 4 heteroatoms. The SMILES string of the molecule is c1ccc(-c2nc(-c3ccc(-c4ccccc4-c4ccccc4-c4ccccc4)cc3)nc(-c3cccc4c3oc3ccccc34)n2)cc1. The number of hydrogen-bond acceptors (Lipinski definition) is 4. The highest BCUT2D eigenvalue weighted by Gasteiger charge is 2.18. The molecule has 0 aliphatic carbocycles. The first-order valence-electron chi connectivity index (χ1n) is 16.4. The Bertz CT molecular complexity index is 2590. The molecule has 0 saturated heterocycles. The number of fused-ring (bicyclic) bond motifs is 3. The molecule has 0 aliphatic rings. The van der Waals surface area contributed by atoms with Crippen LogP contribution in [0, 0.1) is 0 Å². The Balaban J connectivity index is 1.15. The third-order valence-electron chi connectivity index (χ3n) is 9.00. The fourth-order valence-electron chi connectivity index (χ4n) is 6.62. The second kappa shape index (κ2) is 12.2. The molecule has 9 rings (SSSR count). The topological polar surface area (TPSA) is 51.8 Å². The summed E-state index contributed by atoms with van der Waals surface area (Å²) < 4.78 is 6.38. The van der Waals surface area contributed by atoms with Gasteiger partial charge in [0.05, 0.1) is 5.56 Å². The second-order valence-corrected chi connectivity index (χ2v) is 12.0. The molecule has 49 heavy (non-hydrogen) atoms. The normalized spacial score (nSPS) is 11.3. The van der Waals surface area contributed by atoms with E-state index in [1.54, 1.807) is 0 Å². The van der Waals surface area contributed by atoms with Crippen molar-refractivity contribution < 1.29 is 4.42 Å². The van der Waals surface area contributed by atoms with Gasteiger partial charge in [-0.25, -0.2) is 15.0 Å². The zero-order valence-corrected chi connectivity index (χ0v) is 26.5. The molecular weight excluding hydrogens is 599 g/mol. The van der Waals surface area contributed by atoms with E-state index in [-0.39, 0.29) is 0 Å². The van der Waals surface area contributed by atoms with Gasteiger partial charge in [-0.15, -0.1) is 0 Å². The number of nitrogens with zero attached hydrogens (tertiary/aromatic N) is 3. The van der Waals surface area contributed by atoms with Crippen LogP contribution in [0.25, 0.3) is 89.5 Å². The van der Waals surface area contributed by atoms with Crippen LogP contribution in [0.15, 0.2) is 180 Å². The summed E-state index contributed by atoms with van der Waals surface area (Å²) in [6.45, 7) is 0. The second-order valence-electron chi connectivity index (χ2n) is 12.0. The molecule has 230 valence electrons. The van der Waals surface area contributed by atoms with Gasteiger partial charge < -0.3 is 4.42 Å². The Morgan fingerprint density at radius 2 is 0.714 bits per heavy atom. The lowest BCUT2D eigenvalue weighted by Crippen LogP contribution is -2.00. The molecule has 0 spiro atoms. The van der Waals surface area contributed by atoms with Crippen molar-refractivity contribution in [3.8, 4) is 67.5 Å². The maximum Gasteiger partial charge on any atom is 0.167 e. The first-order chi connectivity index (χ1) is 24.3. The Morgan fingerprint density at radius 3 is 1.37 bits per heavy atom. The lowest BCUT2D eigenvalue weighted by Gasteiger charge is -2.15. The van der Waals surface area contributed by atoms with E-state index in [9.17, 15) is 0 Å². The van der Waals surface area contributed by atoms with Gasteiger partial charge in [-0.3, -0.25) is 0 Å². The van der Waals surface area contributed by atoms with Crippen LogP contribution in [-0.4, -0.2) is 15.0 Å². The Morgan fingerprint density at radius 1 is 0.286 bits per heavy atom. The number of furan rings is 1. The maximum absolute atomic E-state index is 6.38.